The predicted octanol–water partition coefficient (Wildman–Crippen LogP) is 2.78. The van der Waals surface area contributed by atoms with E-state index in [0.717, 1.165) is 10.1 Å². The first-order chi connectivity index (χ1) is 14.3. The normalized spacial score (nSPS) is 11.0. The fourth-order valence-electron chi connectivity index (χ4n) is 3.37. The van der Waals surface area contributed by atoms with Gasteiger partial charge in [0, 0.05) is 11.6 Å². The summed E-state index contributed by atoms with van der Waals surface area (Å²) in [5, 5.41) is 4.60. The number of aryl methyl sites for hydroxylation is 1. The van der Waals surface area contributed by atoms with Gasteiger partial charge in [-0.2, -0.15) is 5.10 Å². The van der Waals surface area contributed by atoms with Crippen molar-refractivity contribution in [3.8, 4) is 23.7 Å². The molecule has 0 unspecified atom stereocenters. The van der Waals surface area contributed by atoms with E-state index in [1.165, 1.54) is 33.8 Å². The van der Waals surface area contributed by atoms with E-state index in [9.17, 15) is 14.0 Å². The third-order valence-electron chi connectivity index (χ3n) is 4.78. The minimum Gasteiger partial charge on any atom is -0.284 e. The summed E-state index contributed by atoms with van der Waals surface area (Å²) < 4.78 is 17.6. The van der Waals surface area contributed by atoms with Gasteiger partial charge < -0.3 is 0 Å². The van der Waals surface area contributed by atoms with Crippen LogP contribution in [0.1, 0.15) is 11.3 Å². The molecule has 0 aliphatic heterocycles. The van der Waals surface area contributed by atoms with Crippen molar-refractivity contribution in [3.05, 3.63) is 79.7 Å². The molecule has 0 N–H and O–H groups in total. The van der Waals surface area contributed by atoms with Crippen LogP contribution in [0.2, 0.25) is 5.02 Å². The van der Waals surface area contributed by atoms with Crippen LogP contribution >= 0.6 is 11.6 Å². The van der Waals surface area contributed by atoms with Gasteiger partial charge in [-0.1, -0.05) is 17.5 Å². The minimum atomic E-state index is -0.650. The van der Waals surface area contributed by atoms with E-state index in [4.69, 9.17) is 18.0 Å². The zero-order valence-electron chi connectivity index (χ0n) is 16.1. The molecule has 0 spiro atoms. The first-order valence-electron chi connectivity index (χ1n) is 8.89. The van der Waals surface area contributed by atoms with Crippen LogP contribution in [0.15, 0.2) is 46.4 Å². The van der Waals surface area contributed by atoms with Gasteiger partial charge in [0.2, 0.25) is 0 Å². The summed E-state index contributed by atoms with van der Waals surface area (Å²) in [6.45, 7) is 3.30. The third-order valence-corrected chi connectivity index (χ3v) is 5.14. The maximum atomic E-state index is 14.1. The Bertz CT molecular complexity index is 1480. The van der Waals surface area contributed by atoms with E-state index in [2.05, 4.69) is 16.0 Å². The molecular weight excluding hydrogens is 409 g/mol. The molecule has 0 aliphatic rings. The van der Waals surface area contributed by atoms with Gasteiger partial charge >= 0.3 is 5.69 Å². The Morgan fingerprint density at radius 2 is 1.97 bits per heavy atom. The summed E-state index contributed by atoms with van der Waals surface area (Å²) in [6.07, 6.45) is 9.93. The van der Waals surface area contributed by atoms with Crippen LogP contribution in [0.25, 0.3) is 22.3 Å². The fraction of sp³-hybridized carbons (Fsp3) is 0.143. The van der Waals surface area contributed by atoms with Crippen LogP contribution in [0.4, 0.5) is 4.39 Å². The molecule has 0 saturated heterocycles. The number of hydrogen-bond donors (Lipinski definition) is 0. The highest BCUT2D eigenvalue weighted by Crippen LogP contribution is 2.28. The highest BCUT2D eigenvalue weighted by Gasteiger charge is 2.22. The van der Waals surface area contributed by atoms with Gasteiger partial charge in [0.15, 0.2) is 5.69 Å². The van der Waals surface area contributed by atoms with Gasteiger partial charge in [-0.05, 0) is 37.6 Å². The van der Waals surface area contributed by atoms with Gasteiger partial charge in [-0.3, -0.25) is 14.3 Å². The lowest BCUT2D eigenvalue weighted by atomic mass is 10.2. The Hall–Kier alpha value is -3.70. The zero-order chi connectivity index (χ0) is 21.6. The summed E-state index contributed by atoms with van der Waals surface area (Å²) in [4.78, 5) is 30.7. The van der Waals surface area contributed by atoms with Crippen molar-refractivity contribution in [2.75, 3.05) is 0 Å². The number of rotatable bonds is 3. The average molecular weight is 424 g/mol. The number of nitrogens with zero attached hydrogens (tertiary/aromatic N) is 5. The molecule has 3 heterocycles. The largest absolute Gasteiger partial charge is 0.336 e. The smallest absolute Gasteiger partial charge is 0.284 e. The van der Waals surface area contributed by atoms with E-state index in [1.54, 1.807) is 26.1 Å². The maximum absolute atomic E-state index is 14.1. The Morgan fingerprint density at radius 3 is 2.67 bits per heavy atom. The predicted molar refractivity (Wildman–Crippen MR) is 112 cm³/mol. The molecule has 0 atom stereocenters. The molecule has 1 aromatic carbocycles. The highest BCUT2D eigenvalue weighted by atomic mass is 35.5. The molecule has 7 nitrogen and oxygen atoms in total. The van der Waals surface area contributed by atoms with Gasteiger partial charge in [0.25, 0.3) is 5.56 Å². The average Bonchev–Trinajstić information content (AvgIpc) is 3.13. The first kappa shape index (κ1) is 19.6. The van der Waals surface area contributed by atoms with Crippen molar-refractivity contribution in [3.63, 3.8) is 0 Å². The van der Waals surface area contributed by atoms with Crippen molar-refractivity contribution >= 4 is 22.5 Å². The Morgan fingerprint density at radius 1 is 1.20 bits per heavy atom. The topological polar surface area (TPSA) is 74.7 Å². The van der Waals surface area contributed by atoms with Gasteiger partial charge in [-0.25, -0.2) is 18.4 Å². The lowest BCUT2D eigenvalue weighted by Crippen LogP contribution is -2.42. The monoisotopic (exact) mass is 423 g/mol. The summed E-state index contributed by atoms with van der Waals surface area (Å²) in [5.41, 5.74) is 0.323. The van der Waals surface area contributed by atoms with Gasteiger partial charge in [-0.15, -0.1) is 6.42 Å². The summed E-state index contributed by atoms with van der Waals surface area (Å²) in [5.74, 6) is 1.77. The number of halogens is 2. The first-order valence-corrected chi connectivity index (χ1v) is 9.27. The van der Waals surface area contributed by atoms with Crippen molar-refractivity contribution in [1.29, 1.82) is 0 Å². The number of benzene rings is 1. The van der Waals surface area contributed by atoms with Crippen LogP contribution < -0.4 is 11.2 Å². The number of hydrogen-bond acceptors (Lipinski definition) is 4. The summed E-state index contributed by atoms with van der Waals surface area (Å²) >= 11 is 6.18. The minimum absolute atomic E-state index is 0.0360. The number of terminal acetylenes is 1. The molecule has 3 aromatic heterocycles. The number of aromatic nitrogens is 5. The van der Waals surface area contributed by atoms with Crippen LogP contribution in [-0.2, 0) is 6.54 Å². The molecule has 0 aliphatic carbocycles. The zero-order valence-corrected chi connectivity index (χ0v) is 16.8. The van der Waals surface area contributed by atoms with E-state index in [1.807, 2.05) is 0 Å². The second kappa shape index (κ2) is 7.28. The molecule has 150 valence electrons. The summed E-state index contributed by atoms with van der Waals surface area (Å²) in [7, 11) is 0. The van der Waals surface area contributed by atoms with Crippen LogP contribution in [0, 0.1) is 32.0 Å². The van der Waals surface area contributed by atoms with Crippen molar-refractivity contribution in [2.24, 2.45) is 0 Å². The molecule has 0 radical (unpaired) electrons. The molecule has 0 saturated carbocycles. The quantitative estimate of drug-likeness (QED) is 0.475. The van der Waals surface area contributed by atoms with E-state index in [-0.39, 0.29) is 34.2 Å². The summed E-state index contributed by atoms with van der Waals surface area (Å²) in [6, 6.07) is 4.39. The molecule has 9 heteroatoms. The van der Waals surface area contributed by atoms with Crippen LogP contribution in [-0.4, -0.2) is 23.9 Å². The second-order valence-corrected chi connectivity index (χ2v) is 7.10. The Balaban J connectivity index is 2.17. The fourth-order valence-corrected chi connectivity index (χ4v) is 3.62. The van der Waals surface area contributed by atoms with Crippen LogP contribution in [0.5, 0.6) is 0 Å². The molecular formula is C21H15ClFN5O2. The van der Waals surface area contributed by atoms with Gasteiger partial charge in [0.05, 0.1) is 35.8 Å². The van der Waals surface area contributed by atoms with Gasteiger partial charge in [0.1, 0.15) is 10.8 Å². The standard InChI is InChI=1S/C21H15ClFN5O2/c1-4-7-26-13(3)18(28-19-14(10-25-28)5-6-16(23)17(19)22)20(29)27(21(26)30)15-8-12(2)9-24-11-15/h1,5-6,8-11H,7H2,2-3H3. The number of pyridine rings is 1. The van der Waals surface area contributed by atoms with E-state index >= 15 is 0 Å². The van der Waals surface area contributed by atoms with Crippen molar-refractivity contribution in [2.45, 2.75) is 20.4 Å². The lowest BCUT2D eigenvalue weighted by molar-refractivity contribution is 0.628. The molecule has 30 heavy (non-hydrogen) atoms. The van der Waals surface area contributed by atoms with Crippen LogP contribution in [0.3, 0.4) is 0 Å². The van der Waals surface area contributed by atoms with E-state index in [0.29, 0.717) is 5.39 Å². The maximum Gasteiger partial charge on any atom is 0.336 e. The Labute approximate surface area is 175 Å². The Kier molecular flexibility index (Phi) is 4.76. The number of fused-ring (bicyclic) bond motifs is 1. The molecule has 0 bridgehead atoms. The SMILES string of the molecule is C#CCn1c(C)c(-n2ncc3ccc(F)c(Cl)c32)c(=O)n(-c2cncc(C)c2)c1=O. The van der Waals surface area contributed by atoms with Crippen molar-refractivity contribution in [1.82, 2.24) is 23.9 Å². The third kappa shape index (κ3) is 2.91. The van der Waals surface area contributed by atoms with E-state index < -0.39 is 17.1 Å². The highest BCUT2D eigenvalue weighted by molar-refractivity contribution is 6.35. The lowest BCUT2D eigenvalue weighted by Gasteiger charge is -2.16. The second-order valence-electron chi connectivity index (χ2n) is 6.72. The molecule has 4 rings (SSSR count). The molecule has 0 fully saturated rings. The molecule has 0 amide bonds. The van der Waals surface area contributed by atoms with Crippen molar-refractivity contribution < 1.29 is 4.39 Å². The molecule has 4 aromatic rings.